The minimum Gasteiger partial charge on any atom is -0.507 e. The molecule has 0 unspecified atom stereocenters. The van der Waals surface area contributed by atoms with Crippen molar-refractivity contribution in [2.75, 3.05) is 13.1 Å². The van der Waals surface area contributed by atoms with Crippen molar-refractivity contribution in [1.82, 2.24) is 0 Å². The average Bonchev–Trinajstić information content (AvgIpc) is 2.46. The van der Waals surface area contributed by atoms with Crippen molar-refractivity contribution in [3.63, 3.8) is 0 Å². The monoisotopic (exact) mass is 345 g/mol. The van der Waals surface area contributed by atoms with Crippen molar-refractivity contribution in [2.45, 2.75) is 0 Å². The van der Waals surface area contributed by atoms with Gasteiger partial charge in [0.1, 0.15) is 11.5 Å². The van der Waals surface area contributed by atoms with E-state index in [1.54, 1.807) is 48.8 Å². The van der Waals surface area contributed by atoms with Crippen LogP contribution < -0.4 is 0 Å². The fourth-order valence-electron chi connectivity index (χ4n) is 1.63. The first-order chi connectivity index (χ1) is 9.77. The standard InChI is InChI=1S/C16H16N2O2.Co.H2O/c19-15-7-3-1-5-13(15)11-17-9-10-18-12-14-6-2-4-8-16(14)20;;/h1-8,11-12,19-20H,9-10H2;;1H2. The number of nitrogens with zero attached hydrogens (tertiary/aromatic N) is 2. The van der Waals surface area contributed by atoms with Gasteiger partial charge in [-0.25, -0.2) is 0 Å². The van der Waals surface area contributed by atoms with E-state index >= 15 is 0 Å². The zero-order valence-electron chi connectivity index (χ0n) is 11.8. The summed E-state index contributed by atoms with van der Waals surface area (Å²) in [6.45, 7) is 1.05. The molecule has 2 aromatic rings. The second kappa shape index (κ2) is 10.6. The van der Waals surface area contributed by atoms with E-state index in [1.165, 1.54) is 0 Å². The van der Waals surface area contributed by atoms with Gasteiger partial charge in [0.05, 0.1) is 13.1 Å². The predicted octanol–water partition coefficient (Wildman–Crippen LogP) is 1.81. The van der Waals surface area contributed by atoms with Gasteiger partial charge in [-0.2, -0.15) is 0 Å². The van der Waals surface area contributed by atoms with Gasteiger partial charge >= 0.3 is 0 Å². The first-order valence-electron chi connectivity index (χ1n) is 6.33. The number of phenolic OH excluding ortho intramolecular Hbond substituents is 2. The van der Waals surface area contributed by atoms with Crippen LogP contribution in [0.2, 0.25) is 0 Å². The second-order valence-electron chi connectivity index (χ2n) is 4.19. The quantitative estimate of drug-likeness (QED) is 0.638. The molecule has 0 amide bonds. The molecular weight excluding hydrogens is 327 g/mol. The molecule has 0 heterocycles. The molecule has 6 heteroatoms. The third-order valence-corrected chi connectivity index (χ3v) is 2.69. The van der Waals surface area contributed by atoms with E-state index in [0.717, 1.165) is 0 Å². The molecule has 2 aromatic carbocycles. The van der Waals surface area contributed by atoms with Gasteiger partial charge in [-0.1, -0.05) is 24.3 Å². The van der Waals surface area contributed by atoms with Gasteiger partial charge in [-0.15, -0.1) is 0 Å². The third-order valence-electron chi connectivity index (χ3n) is 2.69. The van der Waals surface area contributed by atoms with Crippen LogP contribution in [0.4, 0.5) is 0 Å². The Balaban J connectivity index is 0.00000220. The third kappa shape index (κ3) is 6.09. The maximum atomic E-state index is 9.54. The number of benzene rings is 2. The Morgan fingerprint density at radius 1 is 0.727 bits per heavy atom. The molecule has 22 heavy (non-hydrogen) atoms. The number of phenols is 2. The molecule has 4 N–H and O–H groups in total. The Bertz CT molecular complexity index is 575. The van der Waals surface area contributed by atoms with Crippen molar-refractivity contribution < 1.29 is 32.5 Å². The van der Waals surface area contributed by atoms with Gasteiger partial charge in [-0.3, -0.25) is 9.98 Å². The molecule has 0 aromatic heterocycles. The maximum Gasteiger partial charge on any atom is 0.124 e. The molecule has 2 rings (SSSR count). The smallest absolute Gasteiger partial charge is 0.124 e. The van der Waals surface area contributed by atoms with Crippen LogP contribution in [-0.4, -0.2) is 41.2 Å². The van der Waals surface area contributed by atoms with E-state index in [-0.39, 0.29) is 33.8 Å². The fraction of sp³-hybridized carbons (Fsp3) is 0.125. The molecule has 119 valence electrons. The fourth-order valence-corrected chi connectivity index (χ4v) is 1.63. The van der Waals surface area contributed by atoms with Crippen LogP contribution in [0.25, 0.3) is 0 Å². The number of aromatic hydroxyl groups is 2. The van der Waals surface area contributed by atoms with Gasteiger partial charge < -0.3 is 15.7 Å². The molecular formula is C16H18CoN2O3. The van der Waals surface area contributed by atoms with Crippen molar-refractivity contribution in [1.29, 1.82) is 0 Å². The summed E-state index contributed by atoms with van der Waals surface area (Å²) in [6.07, 6.45) is 3.26. The molecule has 5 nitrogen and oxygen atoms in total. The maximum absolute atomic E-state index is 9.54. The zero-order valence-corrected chi connectivity index (χ0v) is 12.9. The average molecular weight is 345 g/mol. The van der Waals surface area contributed by atoms with E-state index in [9.17, 15) is 10.2 Å². The van der Waals surface area contributed by atoms with Crippen LogP contribution in [0.15, 0.2) is 58.5 Å². The topological polar surface area (TPSA) is 96.7 Å². The van der Waals surface area contributed by atoms with Crippen molar-refractivity contribution in [2.24, 2.45) is 9.98 Å². The molecule has 0 bridgehead atoms. The van der Waals surface area contributed by atoms with Gasteiger partial charge in [0.2, 0.25) is 0 Å². The van der Waals surface area contributed by atoms with Crippen molar-refractivity contribution >= 4 is 12.4 Å². The Kier molecular flexibility index (Phi) is 9.52. The Hall–Kier alpha value is -2.15. The van der Waals surface area contributed by atoms with E-state index in [2.05, 4.69) is 9.98 Å². The largest absolute Gasteiger partial charge is 0.507 e. The number of hydrogen-bond donors (Lipinski definition) is 2. The van der Waals surface area contributed by atoms with Gasteiger partial charge in [0, 0.05) is 40.3 Å². The summed E-state index contributed by atoms with van der Waals surface area (Å²) in [5.41, 5.74) is 1.38. The summed E-state index contributed by atoms with van der Waals surface area (Å²) < 4.78 is 0. The molecule has 1 radical (unpaired) electrons. The first kappa shape index (κ1) is 19.8. The van der Waals surface area contributed by atoms with Gasteiger partial charge in [0.15, 0.2) is 0 Å². The first-order valence-corrected chi connectivity index (χ1v) is 6.33. The van der Waals surface area contributed by atoms with Crippen LogP contribution in [0, 0.1) is 0 Å². The summed E-state index contributed by atoms with van der Waals surface area (Å²) in [4.78, 5) is 8.39. The summed E-state index contributed by atoms with van der Waals surface area (Å²) >= 11 is 0. The van der Waals surface area contributed by atoms with E-state index in [4.69, 9.17) is 0 Å². The van der Waals surface area contributed by atoms with Crippen LogP contribution in [0.3, 0.4) is 0 Å². The minimum atomic E-state index is 0. The summed E-state index contributed by atoms with van der Waals surface area (Å²) in [6, 6.07) is 14.1. The number of aliphatic imine (C=N–C) groups is 2. The summed E-state index contributed by atoms with van der Waals surface area (Å²) in [7, 11) is 0. The molecule has 0 saturated carbocycles. The van der Waals surface area contributed by atoms with E-state index in [1.807, 2.05) is 12.1 Å². The molecule has 0 aliphatic carbocycles. The normalized spacial score (nSPS) is 10.4. The number of para-hydroxylation sites is 2. The molecule has 0 saturated heterocycles. The van der Waals surface area contributed by atoms with E-state index in [0.29, 0.717) is 24.2 Å². The summed E-state index contributed by atoms with van der Waals surface area (Å²) in [5.74, 6) is 0.433. The van der Waals surface area contributed by atoms with Crippen LogP contribution in [0.1, 0.15) is 11.1 Å². The molecule has 0 aliphatic heterocycles. The van der Waals surface area contributed by atoms with Gasteiger partial charge in [0.25, 0.3) is 0 Å². The van der Waals surface area contributed by atoms with Gasteiger partial charge in [-0.05, 0) is 24.3 Å². The Morgan fingerprint density at radius 3 is 1.45 bits per heavy atom. The van der Waals surface area contributed by atoms with E-state index < -0.39 is 0 Å². The SMILES string of the molecule is O.Oc1ccccc1C=NCCN=Cc1ccccc1O.[Co]. The number of hydrogen-bond acceptors (Lipinski definition) is 4. The van der Waals surface area contributed by atoms with Crippen LogP contribution >= 0.6 is 0 Å². The molecule has 0 fully saturated rings. The molecule has 0 spiro atoms. The van der Waals surface area contributed by atoms with Crippen LogP contribution in [-0.2, 0) is 16.8 Å². The Labute approximate surface area is 139 Å². The zero-order chi connectivity index (χ0) is 14.2. The van der Waals surface area contributed by atoms with Crippen molar-refractivity contribution in [3.8, 4) is 11.5 Å². The Morgan fingerprint density at radius 2 is 1.09 bits per heavy atom. The minimum absolute atomic E-state index is 0. The van der Waals surface area contributed by atoms with Crippen LogP contribution in [0.5, 0.6) is 11.5 Å². The van der Waals surface area contributed by atoms with Crippen molar-refractivity contribution in [3.05, 3.63) is 59.7 Å². The number of rotatable bonds is 5. The predicted molar refractivity (Wildman–Crippen MR) is 84.7 cm³/mol. The summed E-state index contributed by atoms with van der Waals surface area (Å²) in [5, 5.41) is 19.1. The second-order valence-corrected chi connectivity index (χ2v) is 4.19. The molecule has 0 aliphatic rings. The molecule has 0 atom stereocenters.